The third-order valence-electron chi connectivity index (χ3n) is 10.0. The van der Waals surface area contributed by atoms with Crippen molar-refractivity contribution in [1.29, 1.82) is 0 Å². The van der Waals surface area contributed by atoms with Gasteiger partial charge in [0.2, 0.25) is 0 Å². The van der Waals surface area contributed by atoms with E-state index < -0.39 is 23.4 Å². The number of ether oxygens (including phenoxy) is 3. The summed E-state index contributed by atoms with van der Waals surface area (Å²) in [5, 5.41) is 6.88. The van der Waals surface area contributed by atoms with Gasteiger partial charge in [-0.15, -0.1) is 0 Å². The lowest BCUT2D eigenvalue weighted by atomic mass is 10.1. The number of anilines is 6. The molecule has 20 heteroatoms. The van der Waals surface area contributed by atoms with Crippen molar-refractivity contribution in [2.75, 3.05) is 80.1 Å². The van der Waals surface area contributed by atoms with E-state index in [1.807, 2.05) is 59.2 Å². The highest BCUT2D eigenvalue weighted by Crippen LogP contribution is 2.32. The molecule has 0 saturated carbocycles. The van der Waals surface area contributed by atoms with Crippen molar-refractivity contribution in [3.8, 4) is 5.75 Å². The third-order valence-corrected chi connectivity index (χ3v) is 10.3. The van der Waals surface area contributed by atoms with Crippen molar-refractivity contribution < 1.29 is 36.2 Å². The van der Waals surface area contributed by atoms with E-state index in [0.717, 1.165) is 40.8 Å². The summed E-state index contributed by atoms with van der Waals surface area (Å²) in [6.45, 7) is 6.63. The van der Waals surface area contributed by atoms with Gasteiger partial charge in [-0.1, -0.05) is 23.7 Å². The first-order valence-corrected chi connectivity index (χ1v) is 21.1. The Labute approximate surface area is 382 Å². The van der Waals surface area contributed by atoms with Crippen LogP contribution >= 0.6 is 11.6 Å². The van der Waals surface area contributed by atoms with Crippen LogP contribution in [0.25, 0.3) is 0 Å². The average Bonchev–Trinajstić information content (AvgIpc) is 3.32. The lowest BCUT2D eigenvalue weighted by Crippen LogP contribution is -2.37. The topological polar surface area (TPSA) is 147 Å². The van der Waals surface area contributed by atoms with Crippen molar-refractivity contribution in [1.82, 2.24) is 24.9 Å². The number of hydrogen-bond acceptors (Lipinski definition) is 14. The van der Waals surface area contributed by atoms with Crippen LogP contribution in [0.15, 0.2) is 101 Å². The van der Waals surface area contributed by atoms with Crippen LogP contribution in [-0.2, 0) is 28.7 Å². The monoisotopic (exact) mass is 929 g/mol. The van der Waals surface area contributed by atoms with Gasteiger partial charge in [-0.3, -0.25) is 15.0 Å². The summed E-state index contributed by atoms with van der Waals surface area (Å²) in [6, 6.07) is 19.9. The van der Waals surface area contributed by atoms with Gasteiger partial charge in [-0.05, 0) is 67.1 Å². The van der Waals surface area contributed by atoms with Crippen molar-refractivity contribution in [2.45, 2.75) is 26.2 Å². The second-order valence-electron chi connectivity index (χ2n) is 14.8. The molecule has 344 valence electrons. The van der Waals surface area contributed by atoms with E-state index in [0.29, 0.717) is 97.9 Å². The first-order valence-electron chi connectivity index (χ1n) is 20.7. The number of halogens is 6. The fourth-order valence-electron chi connectivity index (χ4n) is 6.73. The fraction of sp³-hybridized carbons (Fsp3) is 0.283. The van der Waals surface area contributed by atoms with Crippen molar-refractivity contribution in [3.05, 3.63) is 142 Å². The Kier molecular flexibility index (Phi) is 16.0. The smallest absolute Gasteiger partial charge is 0.416 e. The number of nitrogens with one attached hydrogen (secondary N) is 2. The zero-order valence-electron chi connectivity index (χ0n) is 35.9. The average molecular weight is 930 g/mol. The maximum absolute atomic E-state index is 14.2. The molecule has 3 aromatic heterocycles. The van der Waals surface area contributed by atoms with Crippen LogP contribution in [0.1, 0.15) is 34.0 Å². The minimum atomic E-state index is -4.41. The molecule has 0 unspecified atom stereocenters. The molecule has 0 bridgehead atoms. The summed E-state index contributed by atoms with van der Waals surface area (Å²) in [5.41, 5.74) is 4.03. The Balaban J connectivity index is 0.000000197. The molecule has 2 saturated heterocycles. The van der Waals surface area contributed by atoms with E-state index in [-0.39, 0.29) is 18.9 Å². The van der Waals surface area contributed by atoms with Gasteiger partial charge >= 0.3 is 6.18 Å². The molecule has 14 nitrogen and oxygen atoms in total. The number of hydrogen-bond donors (Lipinski definition) is 2. The number of benzene rings is 3. The Morgan fingerprint density at radius 2 is 1.26 bits per heavy atom. The second-order valence-corrected chi connectivity index (χ2v) is 15.2. The van der Waals surface area contributed by atoms with Crippen LogP contribution in [-0.4, -0.2) is 97.1 Å². The number of aliphatic imine (C=N–C) groups is 2. The largest absolute Gasteiger partial charge is 0.496 e. The van der Waals surface area contributed by atoms with Gasteiger partial charge in [-0.2, -0.15) is 13.2 Å². The van der Waals surface area contributed by atoms with Crippen LogP contribution in [0.4, 0.5) is 56.3 Å². The van der Waals surface area contributed by atoms with Crippen molar-refractivity contribution in [2.24, 2.45) is 9.98 Å². The first-order chi connectivity index (χ1) is 31.9. The van der Waals surface area contributed by atoms with E-state index in [4.69, 9.17) is 25.8 Å². The van der Waals surface area contributed by atoms with Gasteiger partial charge in [0, 0.05) is 72.3 Å². The molecule has 5 heterocycles. The highest BCUT2D eigenvalue weighted by Gasteiger charge is 2.30. The Bertz CT molecular complexity index is 2650. The molecular weight excluding hydrogens is 885 g/mol. The number of methoxy groups -OCH3 is 1. The number of rotatable bonds is 13. The summed E-state index contributed by atoms with van der Waals surface area (Å²) in [6.07, 6.45) is 2.69. The second kappa shape index (κ2) is 22.4. The molecule has 0 spiro atoms. The summed E-state index contributed by atoms with van der Waals surface area (Å²) in [4.78, 5) is 33.5. The van der Waals surface area contributed by atoms with E-state index in [1.54, 1.807) is 31.7 Å². The molecule has 6 aromatic rings. The number of aromatic nitrogens is 5. The predicted octanol–water partition coefficient (Wildman–Crippen LogP) is 9.01. The van der Waals surface area contributed by atoms with E-state index >= 15 is 0 Å². The molecule has 2 aliphatic heterocycles. The van der Waals surface area contributed by atoms with Gasteiger partial charge in [0.15, 0.2) is 34.9 Å². The zero-order valence-corrected chi connectivity index (χ0v) is 36.7. The molecule has 0 radical (unpaired) electrons. The number of alkyl halides is 3. The normalized spacial score (nSPS) is 14.3. The van der Waals surface area contributed by atoms with E-state index in [1.165, 1.54) is 18.5 Å². The SMILES string of the molecule is COc1cc(Nc2cccc(Cl)c2)ccc1C=NCc1ncc(F)c(N2CCOCC2)n1.Cc1cc(Nc2cccc(C(F)(F)F)c2)cnc1C=NCc1ncc(F)c(N2CCOCC2)n1. The standard InChI is InChI=1S/C23H23ClFN5O2.C23H22F4N6O/c1-31-21-12-19(28-18-4-2-3-17(24)11-18)6-5-16(21)13-26-15-22-27-14-20(25)23(29-22)30-7-9-32-10-8-30;1-15-9-18(31-17-4-2-3-16(10-17)23(25,26)27)11-29-20(15)13-28-14-21-30-12-19(24)22(32-21)33-5-7-34-8-6-33/h2-6,11-14,28H,7-10,15H2,1H3;2-4,9-13,31H,5-8,14H2,1H3. The number of nitrogens with zero attached hydrogens (tertiary/aromatic N) is 9. The molecule has 0 atom stereocenters. The third kappa shape index (κ3) is 13.1. The minimum Gasteiger partial charge on any atom is -0.496 e. The molecule has 3 aromatic carbocycles. The fourth-order valence-corrected chi connectivity index (χ4v) is 6.92. The van der Waals surface area contributed by atoms with E-state index in [2.05, 4.69) is 45.5 Å². The summed E-state index contributed by atoms with van der Waals surface area (Å²) < 4.78 is 83.2. The van der Waals surface area contributed by atoms with Gasteiger partial charge in [0.25, 0.3) is 0 Å². The molecule has 2 N–H and O–H groups in total. The molecule has 66 heavy (non-hydrogen) atoms. The Hall–Kier alpha value is -6.83. The molecule has 0 amide bonds. The number of pyridine rings is 1. The van der Waals surface area contributed by atoms with Crippen LogP contribution in [0.3, 0.4) is 0 Å². The van der Waals surface area contributed by atoms with Gasteiger partial charge in [0.1, 0.15) is 5.75 Å². The number of morpholine rings is 2. The van der Waals surface area contributed by atoms with Crippen LogP contribution in [0.5, 0.6) is 5.75 Å². The Morgan fingerprint density at radius 3 is 1.83 bits per heavy atom. The van der Waals surface area contributed by atoms with Crippen LogP contribution < -0.4 is 25.2 Å². The highest BCUT2D eigenvalue weighted by atomic mass is 35.5. The number of aryl methyl sites for hydroxylation is 1. The molecule has 2 aliphatic rings. The molecule has 2 fully saturated rings. The predicted molar refractivity (Wildman–Crippen MR) is 244 cm³/mol. The minimum absolute atomic E-state index is 0.142. The van der Waals surface area contributed by atoms with Crippen LogP contribution in [0, 0.1) is 18.6 Å². The maximum Gasteiger partial charge on any atom is 0.416 e. The van der Waals surface area contributed by atoms with Crippen molar-refractivity contribution >= 4 is 58.4 Å². The molecule has 8 rings (SSSR count). The quantitative estimate of drug-likeness (QED) is 0.0842. The Morgan fingerprint density at radius 1 is 0.697 bits per heavy atom. The van der Waals surface area contributed by atoms with Gasteiger partial charge in [0.05, 0.1) is 82.2 Å². The van der Waals surface area contributed by atoms with Gasteiger partial charge < -0.3 is 34.6 Å². The summed E-state index contributed by atoms with van der Waals surface area (Å²) in [7, 11) is 1.60. The first kappa shape index (κ1) is 47.1. The highest BCUT2D eigenvalue weighted by molar-refractivity contribution is 6.30. The zero-order chi connectivity index (χ0) is 46.5. The lowest BCUT2D eigenvalue weighted by molar-refractivity contribution is -0.137. The van der Waals surface area contributed by atoms with Gasteiger partial charge in [-0.25, -0.2) is 28.7 Å². The van der Waals surface area contributed by atoms with E-state index in [9.17, 15) is 22.0 Å². The maximum atomic E-state index is 14.2. The van der Waals surface area contributed by atoms with Crippen LogP contribution in [0.2, 0.25) is 5.02 Å². The molecular formula is C46H45ClF5N11O3. The summed E-state index contributed by atoms with van der Waals surface area (Å²) >= 11 is 6.04. The van der Waals surface area contributed by atoms with Crippen molar-refractivity contribution in [3.63, 3.8) is 0 Å². The lowest BCUT2D eigenvalue weighted by Gasteiger charge is -2.28. The molecule has 0 aliphatic carbocycles. The summed E-state index contributed by atoms with van der Waals surface area (Å²) in [5.74, 6) is 1.09.